The van der Waals surface area contributed by atoms with Gasteiger partial charge in [-0.05, 0) is 29.5 Å². The largest absolute Gasteiger partial charge is 0.481 e. The molecule has 0 amide bonds. The van der Waals surface area contributed by atoms with E-state index in [1.165, 1.54) is 17.4 Å². The van der Waals surface area contributed by atoms with Gasteiger partial charge in [-0.25, -0.2) is 4.79 Å². The molecule has 1 aliphatic carbocycles. The Hall–Kier alpha value is -1.62. The van der Waals surface area contributed by atoms with Crippen LogP contribution in [0.1, 0.15) is 10.4 Å². The van der Waals surface area contributed by atoms with Gasteiger partial charge in [0, 0.05) is 4.88 Å². The first-order valence-electron chi connectivity index (χ1n) is 4.33. The zero-order valence-electron chi connectivity index (χ0n) is 7.64. The minimum Gasteiger partial charge on any atom is -0.481 e. The van der Waals surface area contributed by atoms with Crippen molar-refractivity contribution >= 4 is 29.4 Å². The van der Waals surface area contributed by atoms with Crippen LogP contribution in [0.5, 0.6) is 0 Å². The molecule has 2 rings (SSSR count). The topological polar surface area (TPSA) is 74.6 Å². The Balaban J connectivity index is 2.48. The van der Waals surface area contributed by atoms with E-state index in [1.807, 2.05) is 11.4 Å². The number of hydrogen-bond acceptors (Lipinski definition) is 3. The fourth-order valence-electron chi connectivity index (χ4n) is 1.65. The lowest BCUT2D eigenvalue weighted by Gasteiger charge is -2.17. The van der Waals surface area contributed by atoms with Gasteiger partial charge in [-0.15, -0.1) is 11.3 Å². The number of carboxylic acid groups (broad SMARTS) is 2. The smallest absolute Gasteiger partial charge is 0.332 e. The molecule has 1 aliphatic rings. The van der Waals surface area contributed by atoms with E-state index in [9.17, 15) is 9.59 Å². The Labute approximate surface area is 89.5 Å². The third kappa shape index (κ3) is 1.66. The molecule has 1 aromatic rings. The molecule has 0 radical (unpaired) electrons. The lowest BCUT2D eigenvalue weighted by molar-refractivity contribution is -0.143. The van der Waals surface area contributed by atoms with Crippen molar-refractivity contribution in [2.24, 2.45) is 5.92 Å². The summed E-state index contributed by atoms with van der Waals surface area (Å²) in [5.74, 6) is -3.16. The molecule has 0 bridgehead atoms. The fourth-order valence-corrected chi connectivity index (χ4v) is 2.52. The van der Waals surface area contributed by atoms with Crippen molar-refractivity contribution in [3.8, 4) is 0 Å². The van der Waals surface area contributed by atoms with Crippen LogP contribution in [0.25, 0.3) is 6.08 Å². The number of hydrogen-bond donors (Lipinski definition) is 2. The number of fused-ring (bicyclic) bond motifs is 1. The molecule has 0 spiro atoms. The zero-order valence-corrected chi connectivity index (χ0v) is 8.45. The molecule has 1 heterocycles. The van der Waals surface area contributed by atoms with Crippen molar-refractivity contribution < 1.29 is 19.8 Å². The molecule has 0 aliphatic heterocycles. The van der Waals surface area contributed by atoms with Crippen molar-refractivity contribution in [2.45, 2.75) is 6.42 Å². The third-order valence-corrected chi connectivity index (χ3v) is 3.32. The fraction of sp³-hybridized carbons (Fsp3) is 0.200. The first-order valence-corrected chi connectivity index (χ1v) is 5.21. The van der Waals surface area contributed by atoms with Crippen molar-refractivity contribution in [2.75, 3.05) is 0 Å². The van der Waals surface area contributed by atoms with Crippen LogP contribution in [0.15, 0.2) is 17.0 Å². The zero-order chi connectivity index (χ0) is 11.0. The molecule has 0 fully saturated rings. The summed E-state index contributed by atoms with van der Waals surface area (Å²) < 4.78 is 0. The van der Waals surface area contributed by atoms with Crippen LogP contribution in [0.4, 0.5) is 0 Å². The van der Waals surface area contributed by atoms with Crippen LogP contribution < -0.4 is 0 Å². The molecular weight excluding hydrogens is 216 g/mol. The maximum absolute atomic E-state index is 10.9. The van der Waals surface area contributed by atoms with Crippen LogP contribution in [0.2, 0.25) is 0 Å². The van der Waals surface area contributed by atoms with E-state index in [0.29, 0.717) is 0 Å². The predicted octanol–water partition coefficient (Wildman–Crippen LogP) is 1.47. The van der Waals surface area contributed by atoms with Gasteiger partial charge in [-0.2, -0.15) is 0 Å². The first kappa shape index (κ1) is 9.92. The molecule has 0 saturated heterocycles. The highest BCUT2D eigenvalue weighted by atomic mass is 32.1. The molecule has 1 atom stereocenters. The summed E-state index contributed by atoms with van der Waals surface area (Å²) in [6, 6.07) is 1.84. The summed E-state index contributed by atoms with van der Waals surface area (Å²) in [7, 11) is 0. The number of carboxylic acids is 2. The maximum atomic E-state index is 10.9. The molecule has 4 nitrogen and oxygen atoms in total. The standard InChI is InChI=1S/C10H8O4S/c11-9(12)6-3-5-1-2-15-8(5)4-7(6)10(13)14/h1-2,4,6H,3H2,(H,11,12)(H,13,14). The quantitative estimate of drug-likeness (QED) is 0.797. The van der Waals surface area contributed by atoms with Gasteiger partial charge in [0.25, 0.3) is 0 Å². The monoisotopic (exact) mass is 224 g/mol. The van der Waals surface area contributed by atoms with Crippen molar-refractivity contribution in [3.63, 3.8) is 0 Å². The van der Waals surface area contributed by atoms with E-state index in [0.717, 1.165) is 10.4 Å². The van der Waals surface area contributed by atoms with Crippen LogP contribution in [0.3, 0.4) is 0 Å². The second kappa shape index (κ2) is 3.51. The van der Waals surface area contributed by atoms with E-state index in [-0.39, 0.29) is 12.0 Å². The minimum atomic E-state index is -1.15. The minimum absolute atomic E-state index is 0.0301. The van der Waals surface area contributed by atoms with Gasteiger partial charge < -0.3 is 10.2 Å². The van der Waals surface area contributed by atoms with E-state index in [4.69, 9.17) is 10.2 Å². The molecule has 0 aromatic carbocycles. The van der Waals surface area contributed by atoms with Gasteiger partial charge in [0.05, 0.1) is 11.5 Å². The van der Waals surface area contributed by atoms with Crippen LogP contribution in [-0.2, 0) is 16.0 Å². The Morgan fingerprint density at radius 2 is 2.13 bits per heavy atom. The number of aliphatic carboxylic acids is 2. The van der Waals surface area contributed by atoms with E-state index in [1.54, 1.807) is 0 Å². The molecule has 2 N–H and O–H groups in total. The van der Waals surface area contributed by atoms with Gasteiger partial charge in [0.1, 0.15) is 0 Å². The van der Waals surface area contributed by atoms with E-state index < -0.39 is 17.9 Å². The van der Waals surface area contributed by atoms with Gasteiger partial charge in [-0.1, -0.05) is 0 Å². The van der Waals surface area contributed by atoms with Crippen LogP contribution >= 0.6 is 11.3 Å². The second-order valence-corrected chi connectivity index (χ2v) is 4.26. The summed E-state index contributed by atoms with van der Waals surface area (Å²) in [4.78, 5) is 22.6. The van der Waals surface area contributed by atoms with Crippen molar-refractivity contribution in [1.82, 2.24) is 0 Å². The number of rotatable bonds is 2. The summed E-state index contributed by atoms with van der Waals surface area (Å²) in [6.07, 6.45) is 1.73. The van der Waals surface area contributed by atoms with Gasteiger partial charge >= 0.3 is 11.9 Å². The van der Waals surface area contributed by atoms with Crippen LogP contribution in [0, 0.1) is 5.92 Å². The normalized spacial score (nSPS) is 19.2. The summed E-state index contributed by atoms with van der Waals surface area (Å²) in [6.45, 7) is 0. The molecule has 1 aromatic heterocycles. The van der Waals surface area contributed by atoms with Crippen molar-refractivity contribution in [1.29, 1.82) is 0 Å². The Morgan fingerprint density at radius 1 is 1.40 bits per heavy atom. The number of thiophene rings is 1. The summed E-state index contributed by atoms with van der Waals surface area (Å²) in [5.41, 5.74) is 0.884. The van der Waals surface area contributed by atoms with E-state index >= 15 is 0 Å². The number of carbonyl (C=O) groups is 2. The SMILES string of the molecule is O=C(O)C1=Cc2sccc2CC1C(=O)O. The maximum Gasteiger partial charge on any atom is 0.332 e. The molecular formula is C10H8O4S. The lowest BCUT2D eigenvalue weighted by Crippen LogP contribution is -2.25. The predicted molar refractivity (Wildman–Crippen MR) is 54.8 cm³/mol. The van der Waals surface area contributed by atoms with Crippen LogP contribution in [-0.4, -0.2) is 22.2 Å². The molecule has 5 heteroatoms. The second-order valence-electron chi connectivity index (χ2n) is 3.31. The average molecular weight is 224 g/mol. The van der Waals surface area contributed by atoms with Gasteiger partial charge in [0.15, 0.2) is 0 Å². The third-order valence-electron chi connectivity index (χ3n) is 2.41. The average Bonchev–Trinajstić information content (AvgIpc) is 2.61. The van der Waals surface area contributed by atoms with E-state index in [2.05, 4.69) is 0 Å². The molecule has 1 unspecified atom stereocenters. The summed E-state index contributed by atoms with van der Waals surface area (Å²) >= 11 is 1.43. The van der Waals surface area contributed by atoms with Gasteiger partial charge in [-0.3, -0.25) is 4.79 Å². The summed E-state index contributed by atoms with van der Waals surface area (Å²) in [5, 5.41) is 19.7. The molecule has 15 heavy (non-hydrogen) atoms. The highest BCUT2D eigenvalue weighted by Gasteiger charge is 2.31. The molecule has 78 valence electrons. The first-order chi connectivity index (χ1) is 7.09. The highest BCUT2D eigenvalue weighted by molar-refractivity contribution is 7.11. The molecule has 0 saturated carbocycles. The lowest BCUT2D eigenvalue weighted by atomic mass is 9.87. The highest BCUT2D eigenvalue weighted by Crippen LogP contribution is 2.32. The Bertz CT molecular complexity index is 458. The van der Waals surface area contributed by atoms with Gasteiger partial charge in [0.2, 0.25) is 0 Å². The van der Waals surface area contributed by atoms with Crippen molar-refractivity contribution in [3.05, 3.63) is 27.5 Å². The Morgan fingerprint density at radius 3 is 2.73 bits per heavy atom. The Kier molecular flexibility index (Phi) is 2.32.